The number of hydrogen-bond acceptors (Lipinski definition) is 6. The molecule has 1 aliphatic rings. The number of urea groups is 1. The summed E-state index contributed by atoms with van der Waals surface area (Å²) in [6.07, 6.45) is 1.27. The zero-order chi connectivity index (χ0) is 21.0. The highest BCUT2D eigenvalue weighted by Crippen LogP contribution is 2.30. The van der Waals surface area contributed by atoms with Crippen molar-refractivity contribution in [3.63, 3.8) is 0 Å². The van der Waals surface area contributed by atoms with Crippen molar-refractivity contribution in [3.8, 4) is 11.5 Å². The standard InChI is InChI=1S/C20H19N3O6/c1-20(14-7-9-15(28-2)10-8-14)18(26)23(19(27)22-20)21-11-13-5-3-4-6-16(13)29-12-17(24)25/h3-11H,12H2,1-2H3,(H,22,27)(H,24,25)/b21-11+. The van der Waals surface area contributed by atoms with Crippen LogP contribution in [0.4, 0.5) is 4.79 Å². The van der Waals surface area contributed by atoms with Crippen LogP contribution in [0.2, 0.25) is 0 Å². The van der Waals surface area contributed by atoms with Crippen LogP contribution in [0.15, 0.2) is 53.6 Å². The Labute approximate surface area is 166 Å². The summed E-state index contributed by atoms with van der Waals surface area (Å²) >= 11 is 0. The molecule has 1 atom stereocenters. The molecule has 1 heterocycles. The van der Waals surface area contributed by atoms with Gasteiger partial charge in [-0.25, -0.2) is 9.59 Å². The lowest BCUT2D eigenvalue weighted by molar-refractivity contribution is -0.139. The van der Waals surface area contributed by atoms with Gasteiger partial charge >= 0.3 is 12.0 Å². The van der Waals surface area contributed by atoms with Crippen LogP contribution in [0.25, 0.3) is 0 Å². The molecule has 0 aliphatic carbocycles. The second-order valence-electron chi connectivity index (χ2n) is 6.37. The highest BCUT2D eigenvalue weighted by atomic mass is 16.5. The first-order valence-corrected chi connectivity index (χ1v) is 8.64. The van der Waals surface area contributed by atoms with Crippen LogP contribution in [0.3, 0.4) is 0 Å². The second kappa shape index (κ2) is 8.01. The SMILES string of the molecule is COc1ccc(C2(C)NC(=O)N(/N=C/c3ccccc3OCC(=O)O)C2=O)cc1. The van der Waals surface area contributed by atoms with Gasteiger partial charge in [0.1, 0.15) is 17.0 Å². The number of rotatable bonds is 7. The molecule has 0 aromatic heterocycles. The third kappa shape index (κ3) is 4.03. The van der Waals surface area contributed by atoms with Gasteiger partial charge in [0.25, 0.3) is 5.91 Å². The number of benzene rings is 2. The van der Waals surface area contributed by atoms with Gasteiger partial charge < -0.3 is 19.9 Å². The van der Waals surface area contributed by atoms with E-state index in [-0.39, 0.29) is 5.75 Å². The summed E-state index contributed by atoms with van der Waals surface area (Å²) in [6, 6.07) is 12.7. The summed E-state index contributed by atoms with van der Waals surface area (Å²) < 4.78 is 10.3. The Morgan fingerprint density at radius 2 is 1.90 bits per heavy atom. The average molecular weight is 397 g/mol. The first-order valence-electron chi connectivity index (χ1n) is 8.64. The predicted octanol–water partition coefficient (Wildman–Crippen LogP) is 1.96. The highest BCUT2D eigenvalue weighted by molar-refractivity contribution is 6.07. The molecule has 9 nitrogen and oxygen atoms in total. The zero-order valence-electron chi connectivity index (χ0n) is 15.8. The summed E-state index contributed by atoms with van der Waals surface area (Å²) in [5.41, 5.74) is -0.271. The molecule has 3 rings (SSSR count). The fourth-order valence-electron chi connectivity index (χ4n) is 2.83. The minimum absolute atomic E-state index is 0.267. The first kappa shape index (κ1) is 19.9. The lowest BCUT2D eigenvalue weighted by atomic mass is 9.92. The van der Waals surface area contributed by atoms with Crippen molar-refractivity contribution < 1.29 is 29.0 Å². The van der Waals surface area contributed by atoms with Gasteiger partial charge in [-0.2, -0.15) is 5.10 Å². The zero-order valence-corrected chi connectivity index (χ0v) is 15.8. The largest absolute Gasteiger partial charge is 0.497 e. The number of carboxylic acids is 1. The number of carbonyl (C=O) groups is 3. The van der Waals surface area contributed by atoms with Crippen molar-refractivity contribution in [2.75, 3.05) is 13.7 Å². The van der Waals surface area contributed by atoms with Gasteiger partial charge in [-0.15, -0.1) is 5.01 Å². The lowest BCUT2D eigenvalue weighted by Gasteiger charge is -2.21. The van der Waals surface area contributed by atoms with Crippen LogP contribution in [0.5, 0.6) is 11.5 Å². The molecule has 2 N–H and O–H groups in total. The molecule has 0 radical (unpaired) electrons. The van der Waals surface area contributed by atoms with Crippen LogP contribution in [-0.4, -0.2) is 48.0 Å². The molecule has 0 spiro atoms. The average Bonchev–Trinajstić information content (AvgIpc) is 2.94. The Kier molecular flexibility index (Phi) is 5.49. The maximum absolute atomic E-state index is 12.9. The number of amides is 3. The summed E-state index contributed by atoms with van der Waals surface area (Å²) in [7, 11) is 1.54. The smallest absolute Gasteiger partial charge is 0.346 e. The molecule has 1 fully saturated rings. The number of imide groups is 1. The van der Waals surface area contributed by atoms with Gasteiger partial charge in [-0.05, 0) is 36.8 Å². The normalized spacial score (nSPS) is 18.8. The van der Waals surface area contributed by atoms with Crippen molar-refractivity contribution in [1.82, 2.24) is 10.3 Å². The highest BCUT2D eigenvalue weighted by Gasteiger charge is 2.49. The first-order chi connectivity index (χ1) is 13.8. The van der Waals surface area contributed by atoms with Crippen molar-refractivity contribution in [2.45, 2.75) is 12.5 Å². The number of ether oxygens (including phenoxy) is 2. The number of para-hydroxylation sites is 1. The molecular formula is C20H19N3O6. The van der Waals surface area contributed by atoms with Crippen LogP contribution in [0, 0.1) is 0 Å². The van der Waals surface area contributed by atoms with E-state index in [1.165, 1.54) is 13.3 Å². The van der Waals surface area contributed by atoms with E-state index < -0.39 is 30.1 Å². The number of carboxylic acid groups (broad SMARTS) is 1. The number of carbonyl (C=O) groups excluding carboxylic acids is 2. The number of hydrogen-bond donors (Lipinski definition) is 2. The molecule has 1 aliphatic heterocycles. The summed E-state index contributed by atoms with van der Waals surface area (Å²) in [6.45, 7) is 1.07. The fraction of sp³-hybridized carbons (Fsp3) is 0.200. The minimum Gasteiger partial charge on any atom is -0.497 e. The van der Waals surface area contributed by atoms with E-state index in [1.807, 2.05) is 0 Å². The van der Waals surface area contributed by atoms with Crippen molar-refractivity contribution in [2.24, 2.45) is 5.10 Å². The van der Waals surface area contributed by atoms with Crippen molar-refractivity contribution >= 4 is 24.1 Å². The molecule has 2 aromatic carbocycles. The third-order valence-corrected chi connectivity index (χ3v) is 4.42. The Morgan fingerprint density at radius 3 is 2.55 bits per heavy atom. The number of nitrogens with zero attached hydrogens (tertiary/aromatic N) is 2. The maximum Gasteiger partial charge on any atom is 0.346 e. The summed E-state index contributed by atoms with van der Waals surface area (Å²) in [4.78, 5) is 36.0. The Hall–Kier alpha value is -3.88. The van der Waals surface area contributed by atoms with Gasteiger partial charge in [0.2, 0.25) is 0 Å². The van der Waals surface area contributed by atoms with Gasteiger partial charge in [-0.3, -0.25) is 4.79 Å². The van der Waals surface area contributed by atoms with Crippen molar-refractivity contribution in [3.05, 3.63) is 59.7 Å². The van der Waals surface area contributed by atoms with E-state index in [2.05, 4.69) is 10.4 Å². The van der Waals surface area contributed by atoms with E-state index in [0.717, 1.165) is 5.01 Å². The van der Waals surface area contributed by atoms with Gasteiger partial charge in [0, 0.05) is 5.56 Å². The Bertz CT molecular complexity index is 972. The van der Waals surface area contributed by atoms with Crippen LogP contribution in [0.1, 0.15) is 18.1 Å². The molecule has 0 bridgehead atoms. The van der Waals surface area contributed by atoms with E-state index in [1.54, 1.807) is 55.5 Å². The predicted molar refractivity (Wildman–Crippen MR) is 103 cm³/mol. The van der Waals surface area contributed by atoms with Crippen molar-refractivity contribution in [1.29, 1.82) is 0 Å². The topological polar surface area (TPSA) is 118 Å². The summed E-state index contributed by atoms with van der Waals surface area (Å²) in [5.74, 6) is -0.778. The van der Waals surface area contributed by atoms with E-state index in [9.17, 15) is 14.4 Å². The van der Waals surface area contributed by atoms with Gasteiger partial charge in [0.15, 0.2) is 6.61 Å². The molecule has 0 saturated carbocycles. The van der Waals surface area contributed by atoms with Crippen LogP contribution < -0.4 is 14.8 Å². The Balaban J connectivity index is 1.83. The number of aliphatic carboxylic acids is 1. The van der Waals surface area contributed by atoms with E-state index >= 15 is 0 Å². The maximum atomic E-state index is 12.9. The molecule has 150 valence electrons. The quantitative estimate of drug-likeness (QED) is 0.545. The van der Waals surface area contributed by atoms with Gasteiger partial charge in [-0.1, -0.05) is 24.3 Å². The molecule has 29 heavy (non-hydrogen) atoms. The molecule has 3 amide bonds. The van der Waals surface area contributed by atoms with E-state index in [4.69, 9.17) is 14.6 Å². The fourth-order valence-corrected chi connectivity index (χ4v) is 2.83. The number of hydrazone groups is 1. The lowest BCUT2D eigenvalue weighted by Crippen LogP contribution is -2.40. The van der Waals surface area contributed by atoms with Gasteiger partial charge in [0.05, 0.1) is 13.3 Å². The summed E-state index contributed by atoms with van der Waals surface area (Å²) in [5, 5.41) is 16.1. The minimum atomic E-state index is -1.28. The Morgan fingerprint density at radius 1 is 1.21 bits per heavy atom. The number of nitrogens with one attached hydrogen (secondary N) is 1. The second-order valence-corrected chi connectivity index (χ2v) is 6.37. The molecule has 1 unspecified atom stereocenters. The third-order valence-electron chi connectivity index (χ3n) is 4.42. The number of methoxy groups -OCH3 is 1. The monoisotopic (exact) mass is 397 g/mol. The van der Waals surface area contributed by atoms with E-state index in [0.29, 0.717) is 16.9 Å². The molecule has 9 heteroatoms. The van der Waals surface area contributed by atoms with Crippen LogP contribution >= 0.6 is 0 Å². The molecule has 1 saturated heterocycles. The molecular weight excluding hydrogens is 378 g/mol. The molecule has 2 aromatic rings. The van der Waals surface area contributed by atoms with Crippen LogP contribution in [-0.2, 0) is 15.1 Å².